The lowest BCUT2D eigenvalue weighted by Crippen LogP contribution is -2.19. The molecule has 0 saturated carbocycles. The van der Waals surface area contributed by atoms with Gasteiger partial charge in [-0.25, -0.2) is 4.79 Å². The van der Waals surface area contributed by atoms with Crippen LogP contribution in [-0.4, -0.2) is 30.8 Å². The van der Waals surface area contributed by atoms with Crippen molar-refractivity contribution in [2.45, 2.75) is 19.3 Å². The Balaban J connectivity index is 1.50. The second-order valence-electron chi connectivity index (χ2n) is 5.37. The van der Waals surface area contributed by atoms with E-state index in [1.54, 1.807) is 24.3 Å². The summed E-state index contributed by atoms with van der Waals surface area (Å²) in [6.45, 7) is 2.54. The lowest BCUT2D eigenvalue weighted by molar-refractivity contribution is 0.0697. The lowest BCUT2D eigenvalue weighted by Gasteiger charge is -2.07. The summed E-state index contributed by atoms with van der Waals surface area (Å²) in [5.41, 5.74) is 1.65. The molecule has 0 radical (unpaired) electrons. The summed E-state index contributed by atoms with van der Waals surface area (Å²) in [5.74, 6) is -0.213. The number of nitrogens with one attached hydrogen (secondary N) is 1. The molecule has 0 aromatic heterocycles. The molecular weight excluding hydrogens is 290 g/mol. The molecule has 4 nitrogen and oxygen atoms in total. The zero-order valence-corrected chi connectivity index (χ0v) is 13.2. The molecule has 0 saturated heterocycles. The smallest absolute Gasteiger partial charge is 0.335 e. The molecule has 0 fully saturated rings. The van der Waals surface area contributed by atoms with Gasteiger partial charge in [0, 0.05) is 0 Å². The lowest BCUT2D eigenvalue weighted by atomic mass is 10.1. The summed E-state index contributed by atoms with van der Waals surface area (Å²) < 4.78 is 5.58. The summed E-state index contributed by atoms with van der Waals surface area (Å²) in [6.07, 6.45) is 3.15. The molecule has 2 aromatic rings. The fourth-order valence-corrected chi connectivity index (χ4v) is 2.27. The van der Waals surface area contributed by atoms with Crippen LogP contribution in [0, 0.1) is 0 Å². The number of carboxylic acid groups (broad SMARTS) is 1. The molecule has 2 rings (SSSR count). The zero-order valence-electron chi connectivity index (χ0n) is 13.2. The van der Waals surface area contributed by atoms with Gasteiger partial charge in [0.2, 0.25) is 0 Å². The number of carbonyl (C=O) groups is 1. The highest BCUT2D eigenvalue weighted by molar-refractivity contribution is 5.87. The number of carboxylic acids is 1. The normalized spacial score (nSPS) is 10.4. The number of ether oxygens (including phenoxy) is 1. The molecular formula is C19H23NO3. The van der Waals surface area contributed by atoms with Crippen molar-refractivity contribution >= 4 is 5.97 Å². The van der Waals surface area contributed by atoms with E-state index < -0.39 is 5.97 Å². The molecule has 4 heteroatoms. The minimum absolute atomic E-state index is 0.275. The first kappa shape index (κ1) is 17.0. The van der Waals surface area contributed by atoms with E-state index >= 15 is 0 Å². The van der Waals surface area contributed by atoms with Crippen LogP contribution in [0.1, 0.15) is 28.8 Å². The van der Waals surface area contributed by atoms with Crippen LogP contribution in [0.3, 0.4) is 0 Å². The van der Waals surface area contributed by atoms with Crippen LogP contribution in [-0.2, 0) is 6.42 Å². The molecule has 0 heterocycles. The van der Waals surface area contributed by atoms with E-state index in [0.29, 0.717) is 12.4 Å². The van der Waals surface area contributed by atoms with Crippen molar-refractivity contribution in [3.8, 4) is 5.75 Å². The Hall–Kier alpha value is -2.33. The van der Waals surface area contributed by atoms with Crippen LogP contribution < -0.4 is 10.1 Å². The van der Waals surface area contributed by atoms with Gasteiger partial charge < -0.3 is 15.2 Å². The van der Waals surface area contributed by atoms with Gasteiger partial charge in [-0.15, -0.1) is 0 Å². The van der Waals surface area contributed by atoms with Crippen molar-refractivity contribution in [3.63, 3.8) is 0 Å². The average molecular weight is 313 g/mol. The first-order valence-electron chi connectivity index (χ1n) is 7.96. The maximum Gasteiger partial charge on any atom is 0.335 e. The Morgan fingerprint density at radius 2 is 1.65 bits per heavy atom. The summed E-state index contributed by atoms with van der Waals surface area (Å²) in [5, 5.41) is 12.2. The topological polar surface area (TPSA) is 58.6 Å². The highest BCUT2D eigenvalue weighted by Crippen LogP contribution is 2.12. The Labute approximate surface area is 137 Å². The Morgan fingerprint density at radius 3 is 2.35 bits per heavy atom. The molecule has 2 aromatic carbocycles. The van der Waals surface area contributed by atoms with E-state index in [4.69, 9.17) is 9.84 Å². The van der Waals surface area contributed by atoms with Gasteiger partial charge in [-0.05, 0) is 62.2 Å². The third kappa shape index (κ3) is 6.53. The van der Waals surface area contributed by atoms with Crippen molar-refractivity contribution in [1.82, 2.24) is 5.32 Å². The van der Waals surface area contributed by atoms with Gasteiger partial charge in [0.05, 0.1) is 12.2 Å². The van der Waals surface area contributed by atoms with Crippen LogP contribution in [0.25, 0.3) is 0 Å². The number of rotatable bonds is 10. The quantitative estimate of drug-likeness (QED) is 0.660. The van der Waals surface area contributed by atoms with Crippen LogP contribution in [0.15, 0.2) is 54.6 Å². The van der Waals surface area contributed by atoms with E-state index in [1.807, 2.05) is 6.07 Å². The van der Waals surface area contributed by atoms with Crippen molar-refractivity contribution in [3.05, 3.63) is 65.7 Å². The molecule has 0 unspecified atom stereocenters. The predicted octanol–water partition coefficient (Wildman–Crippen LogP) is 3.38. The molecule has 23 heavy (non-hydrogen) atoms. The molecule has 0 bridgehead atoms. The fraction of sp³-hybridized carbons (Fsp3) is 0.316. The van der Waals surface area contributed by atoms with E-state index in [2.05, 4.69) is 29.6 Å². The first-order chi connectivity index (χ1) is 11.3. The molecule has 0 atom stereocenters. The Bertz CT molecular complexity index is 581. The molecule has 0 aliphatic heterocycles. The second kappa shape index (κ2) is 9.64. The average Bonchev–Trinajstić information content (AvgIpc) is 2.58. The maximum absolute atomic E-state index is 10.7. The van der Waals surface area contributed by atoms with E-state index in [1.165, 1.54) is 5.56 Å². The van der Waals surface area contributed by atoms with Gasteiger partial charge in [-0.1, -0.05) is 30.3 Å². The maximum atomic E-state index is 10.7. The third-order valence-electron chi connectivity index (χ3n) is 3.53. The SMILES string of the molecule is O=C(O)c1ccc(OCCCNCCCc2ccccc2)cc1. The predicted molar refractivity (Wildman–Crippen MR) is 91.1 cm³/mol. The van der Waals surface area contributed by atoms with E-state index in [9.17, 15) is 4.79 Å². The number of hydrogen-bond acceptors (Lipinski definition) is 3. The van der Waals surface area contributed by atoms with Crippen LogP contribution >= 0.6 is 0 Å². The minimum Gasteiger partial charge on any atom is -0.494 e. The molecule has 0 spiro atoms. The number of aromatic carboxylic acids is 1. The standard InChI is InChI=1S/C19H23NO3/c21-19(22)17-9-11-18(12-10-17)23-15-5-14-20-13-4-8-16-6-2-1-3-7-16/h1-3,6-7,9-12,20H,4-5,8,13-15H2,(H,21,22). The van der Waals surface area contributed by atoms with E-state index in [-0.39, 0.29) is 5.56 Å². The number of benzene rings is 2. The Kier molecular flexibility index (Phi) is 7.14. The zero-order chi connectivity index (χ0) is 16.3. The third-order valence-corrected chi connectivity index (χ3v) is 3.53. The molecule has 2 N–H and O–H groups in total. The summed E-state index contributed by atoms with van der Waals surface area (Å²) >= 11 is 0. The van der Waals surface area contributed by atoms with Gasteiger partial charge in [-0.3, -0.25) is 0 Å². The molecule has 0 amide bonds. The monoisotopic (exact) mass is 313 g/mol. The van der Waals surface area contributed by atoms with Gasteiger partial charge >= 0.3 is 5.97 Å². The highest BCUT2D eigenvalue weighted by atomic mass is 16.5. The van der Waals surface area contributed by atoms with Gasteiger partial charge in [0.1, 0.15) is 5.75 Å². The largest absolute Gasteiger partial charge is 0.494 e. The van der Waals surface area contributed by atoms with Crippen LogP contribution in [0.4, 0.5) is 0 Å². The molecule has 0 aliphatic rings. The van der Waals surface area contributed by atoms with Crippen LogP contribution in [0.2, 0.25) is 0 Å². The van der Waals surface area contributed by atoms with Crippen molar-refractivity contribution < 1.29 is 14.6 Å². The highest BCUT2D eigenvalue weighted by Gasteiger charge is 2.01. The Morgan fingerprint density at radius 1 is 0.957 bits per heavy atom. The summed E-state index contributed by atoms with van der Waals surface area (Å²) in [6, 6.07) is 17.0. The van der Waals surface area contributed by atoms with Crippen molar-refractivity contribution in [2.75, 3.05) is 19.7 Å². The summed E-state index contributed by atoms with van der Waals surface area (Å²) in [4.78, 5) is 10.7. The minimum atomic E-state index is -0.920. The van der Waals surface area contributed by atoms with Gasteiger partial charge in [0.25, 0.3) is 0 Å². The van der Waals surface area contributed by atoms with Gasteiger partial charge in [0.15, 0.2) is 0 Å². The second-order valence-corrected chi connectivity index (χ2v) is 5.37. The van der Waals surface area contributed by atoms with Crippen LogP contribution in [0.5, 0.6) is 5.75 Å². The first-order valence-corrected chi connectivity index (χ1v) is 7.96. The number of hydrogen-bond donors (Lipinski definition) is 2. The van der Waals surface area contributed by atoms with Crippen molar-refractivity contribution in [2.24, 2.45) is 0 Å². The van der Waals surface area contributed by atoms with Crippen molar-refractivity contribution in [1.29, 1.82) is 0 Å². The van der Waals surface area contributed by atoms with Gasteiger partial charge in [-0.2, -0.15) is 0 Å². The molecule has 0 aliphatic carbocycles. The molecule has 122 valence electrons. The summed E-state index contributed by atoms with van der Waals surface area (Å²) in [7, 11) is 0. The number of aryl methyl sites for hydroxylation is 1. The van der Waals surface area contributed by atoms with E-state index in [0.717, 1.165) is 32.4 Å². The fourth-order valence-electron chi connectivity index (χ4n) is 2.27.